The van der Waals surface area contributed by atoms with Crippen LogP contribution in [0, 0.1) is 13.8 Å². The van der Waals surface area contributed by atoms with E-state index in [9.17, 15) is 18.0 Å². The van der Waals surface area contributed by atoms with Gasteiger partial charge in [0.2, 0.25) is 15.9 Å². The molecule has 2 aromatic carbocycles. The molecule has 1 aliphatic rings. The molecule has 0 spiro atoms. The number of sulfonamides is 1. The molecule has 0 radical (unpaired) electrons. The van der Waals surface area contributed by atoms with E-state index in [1.165, 1.54) is 24.6 Å². The molecule has 9 nitrogen and oxygen atoms in total. The van der Waals surface area contributed by atoms with Crippen LogP contribution in [0.15, 0.2) is 35.2 Å². The number of rotatable bonds is 6. The van der Waals surface area contributed by atoms with Crippen LogP contribution in [0.4, 0.5) is 11.4 Å². The van der Waals surface area contributed by atoms with Crippen molar-refractivity contribution >= 4 is 33.3 Å². The summed E-state index contributed by atoms with van der Waals surface area (Å²) in [4.78, 5) is 25.1. The molecule has 1 amide bonds. The number of nitrogens with zero attached hydrogens (tertiary/aromatic N) is 1. The largest absolute Gasteiger partial charge is 0.497 e. The van der Waals surface area contributed by atoms with Gasteiger partial charge in [0.1, 0.15) is 11.8 Å². The van der Waals surface area contributed by atoms with Gasteiger partial charge in [-0.3, -0.25) is 4.79 Å². The number of amides is 1. The maximum Gasteiger partial charge on any atom is 0.340 e. The number of ether oxygens (including phenoxy) is 2. The number of nitrogens with one attached hydrogen (secondary N) is 1. The van der Waals surface area contributed by atoms with Crippen LogP contribution in [-0.4, -0.2) is 51.4 Å². The SMILES string of the molecule is COC(=O)c1cccc(NC(=O)C2CCCN2S(=O)(=O)c2c(C)cc(OC)cc2C)c1N. The summed E-state index contributed by atoms with van der Waals surface area (Å²) in [6.45, 7) is 3.63. The average Bonchev–Trinajstić information content (AvgIpc) is 3.25. The molecule has 3 N–H and O–H groups in total. The molecule has 1 saturated heterocycles. The summed E-state index contributed by atoms with van der Waals surface area (Å²) < 4.78 is 38.2. The molecule has 0 saturated carbocycles. The molecule has 2 aromatic rings. The number of esters is 1. The second kappa shape index (κ2) is 9.17. The van der Waals surface area contributed by atoms with Gasteiger partial charge in [-0.05, 0) is 62.1 Å². The minimum atomic E-state index is -3.94. The normalized spacial score (nSPS) is 16.6. The number of carbonyl (C=O) groups excluding carboxylic acids is 2. The highest BCUT2D eigenvalue weighted by Gasteiger charge is 2.41. The number of hydrogen-bond acceptors (Lipinski definition) is 7. The lowest BCUT2D eigenvalue weighted by Gasteiger charge is -2.25. The summed E-state index contributed by atoms with van der Waals surface area (Å²) >= 11 is 0. The van der Waals surface area contributed by atoms with Crippen molar-refractivity contribution < 1.29 is 27.5 Å². The number of carbonyl (C=O) groups is 2. The Morgan fingerprint density at radius 2 is 1.81 bits per heavy atom. The van der Waals surface area contributed by atoms with Crippen LogP contribution in [0.25, 0.3) is 0 Å². The van der Waals surface area contributed by atoms with Gasteiger partial charge in [0.25, 0.3) is 0 Å². The van der Waals surface area contributed by atoms with E-state index >= 15 is 0 Å². The summed E-state index contributed by atoms with van der Waals surface area (Å²) in [5.41, 5.74) is 7.51. The van der Waals surface area contributed by atoms with Crippen molar-refractivity contribution in [1.29, 1.82) is 0 Å². The van der Waals surface area contributed by atoms with Gasteiger partial charge in [0.15, 0.2) is 0 Å². The van der Waals surface area contributed by atoms with Gasteiger partial charge >= 0.3 is 5.97 Å². The molecular formula is C22H27N3O6S. The van der Waals surface area contributed by atoms with Crippen molar-refractivity contribution in [3.63, 3.8) is 0 Å². The third kappa shape index (κ3) is 4.28. The molecule has 10 heteroatoms. The zero-order valence-electron chi connectivity index (χ0n) is 18.5. The minimum Gasteiger partial charge on any atom is -0.497 e. The van der Waals surface area contributed by atoms with E-state index in [1.54, 1.807) is 38.1 Å². The van der Waals surface area contributed by atoms with Crippen LogP contribution in [-0.2, 0) is 19.6 Å². The number of methoxy groups -OCH3 is 2. The quantitative estimate of drug-likeness (QED) is 0.499. The van der Waals surface area contributed by atoms with Crippen LogP contribution < -0.4 is 15.8 Å². The second-order valence-corrected chi connectivity index (χ2v) is 9.44. The maximum absolute atomic E-state index is 13.5. The van der Waals surface area contributed by atoms with Crippen LogP contribution in [0.5, 0.6) is 5.75 Å². The van der Waals surface area contributed by atoms with Gasteiger partial charge in [-0.2, -0.15) is 4.31 Å². The molecular weight excluding hydrogens is 434 g/mol. The number of aryl methyl sites for hydroxylation is 2. The van der Waals surface area contributed by atoms with E-state index in [1.807, 2.05) is 0 Å². The Balaban J connectivity index is 1.91. The van der Waals surface area contributed by atoms with Crippen molar-refractivity contribution in [2.45, 2.75) is 37.6 Å². The van der Waals surface area contributed by atoms with Gasteiger partial charge in [0, 0.05) is 6.54 Å². The predicted octanol–water partition coefficient (Wildman–Crippen LogP) is 2.47. The zero-order chi connectivity index (χ0) is 23.6. The Hall–Kier alpha value is -3.11. The molecule has 1 heterocycles. The zero-order valence-corrected chi connectivity index (χ0v) is 19.3. The molecule has 3 rings (SSSR count). The topological polar surface area (TPSA) is 128 Å². The number of benzene rings is 2. The van der Waals surface area contributed by atoms with E-state index in [0.717, 1.165) is 0 Å². The highest BCUT2D eigenvalue weighted by molar-refractivity contribution is 7.89. The first-order valence-electron chi connectivity index (χ1n) is 10.1. The first kappa shape index (κ1) is 23.6. The monoisotopic (exact) mass is 461 g/mol. The number of anilines is 2. The van der Waals surface area contributed by atoms with Gasteiger partial charge in [-0.25, -0.2) is 13.2 Å². The lowest BCUT2D eigenvalue weighted by Crippen LogP contribution is -2.43. The number of para-hydroxylation sites is 1. The van der Waals surface area contributed by atoms with Gasteiger partial charge in [-0.15, -0.1) is 0 Å². The van der Waals surface area contributed by atoms with Crippen molar-refractivity contribution in [3.05, 3.63) is 47.0 Å². The van der Waals surface area contributed by atoms with E-state index in [4.69, 9.17) is 15.2 Å². The van der Waals surface area contributed by atoms with Gasteiger partial charge in [-0.1, -0.05) is 6.07 Å². The van der Waals surface area contributed by atoms with E-state index < -0.39 is 27.9 Å². The Morgan fingerprint density at radius 3 is 2.41 bits per heavy atom. The molecule has 172 valence electrons. The Morgan fingerprint density at radius 1 is 1.16 bits per heavy atom. The molecule has 1 unspecified atom stereocenters. The van der Waals surface area contributed by atoms with Crippen LogP contribution in [0.1, 0.15) is 34.3 Å². The van der Waals surface area contributed by atoms with Gasteiger partial charge < -0.3 is 20.5 Å². The summed E-state index contributed by atoms with van der Waals surface area (Å²) in [6, 6.07) is 7.01. The minimum absolute atomic E-state index is 0.0574. The number of nitrogens with two attached hydrogens (primary N) is 1. The van der Waals surface area contributed by atoms with E-state index in [0.29, 0.717) is 29.7 Å². The summed E-state index contributed by atoms with van der Waals surface area (Å²) in [5.74, 6) is -0.576. The molecule has 1 fully saturated rings. The fourth-order valence-corrected chi connectivity index (χ4v) is 6.09. The van der Waals surface area contributed by atoms with E-state index in [2.05, 4.69) is 5.32 Å². The van der Waals surface area contributed by atoms with E-state index in [-0.39, 0.29) is 28.4 Å². The summed E-state index contributed by atoms with van der Waals surface area (Å²) in [7, 11) is -1.18. The molecule has 0 aliphatic carbocycles. The van der Waals surface area contributed by atoms with Crippen LogP contribution >= 0.6 is 0 Å². The van der Waals surface area contributed by atoms with Crippen molar-refractivity contribution in [2.75, 3.05) is 31.8 Å². The second-order valence-electron chi connectivity index (χ2n) is 7.61. The number of nitrogen functional groups attached to an aromatic ring is 1. The van der Waals surface area contributed by atoms with Crippen LogP contribution in [0.3, 0.4) is 0 Å². The highest BCUT2D eigenvalue weighted by Crippen LogP contribution is 2.33. The highest BCUT2D eigenvalue weighted by atomic mass is 32.2. The summed E-state index contributed by atoms with van der Waals surface area (Å²) in [5, 5.41) is 2.67. The number of hydrogen-bond donors (Lipinski definition) is 2. The molecule has 0 bridgehead atoms. The first-order chi connectivity index (χ1) is 15.1. The Kier molecular flexibility index (Phi) is 6.75. The molecule has 1 aliphatic heterocycles. The molecule has 1 atom stereocenters. The fraction of sp³-hybridized carbons (Fsp3) is 0.364. The Labute approximate surface area is 187 Å². The molecule has 32 heavy (non-hydrogen) atoms. The third-order valence-corrected chi connectivity index (χ3v) is 7.73. The lowest BCUT2D eigenvalue weighted by molar-refractivity contribution is -0.119. The van der Waals surface area contributed by atoms with Crippen molar-refractivity contribution in [2.24, 2.45) is 0 Å². The van der Waals surface area contributed by atoms with Crippen molar-refractivity contribution in [3.8, 4) is 5.75 Å². The maximum atomic E-state index is 13.5. The Bertz CT molecular complexity index is 1140. The predicted molar refractivity (Wildman–Crippen MR) is 120 cm³/mol. The van der Waals surface area contributed by atoms with Gasteiger partial charge in [0.05, 0.1) is 36.1 Å². The smallest absolute Gasteiger partial charge is 0.340 e. The lowest BCUT2D eigenvalue weighted by atomic mass is 10.1. The summed E-state index contributed by atoms with van der Waals surface area (Å²) in [6.07, 6.45) is 0.916. The first-order valence-corrected chi connectivity index (χ1v) is 11.5. The standard InChI is InChI=1S/C22H27N3O6S/c1-13-11-15(30-3)12-14(2)20(13)32(28,29)25-10-6-9-18(25)21(26)24-17-8-5-7-16(19(17)23)22(27)31-4/h5,7-8,11-12,18H,6,9-10,23H2,1-4H3,(H,24,26). The van der Waals surface area contributed by atoms with Crippen LogP contribution in [0.2, 0.25) is 0 Å². The fourth-order valence-electron chi connectivity index (χ4n) is 4.02. The third-order valence-electron chi connectivity index (χ3n) is 5.51. The molecule has 0 aromatic heterocycles. The van der Waals surface area contributed by atoms with Crippen molar-refractivity contribution in [1.82, 2.24) is 4.31 Å². The average molecular weight is 462 g/mol.